The Labute approximate surface area is 145 Å². The van der Waals surface area contributed by atoms with Gasteiger partial charge in [-0.1, -0.05) is 0 Å². The van der Waals surface area contributed by atoms with Gasteiger partial charge in [0.25, 0.3) is 0 Å². The average Bonchev–Trinajstić information content (AvgIpc) is 2.59. The Morgan fingerprint density at radius 3 is 2.60 bits per heavy atom. The molecule has 0 aromatic heterocycles. The van der Waals surface area contributed by atoms with Crippen molar-refractivity contribution in [2.24, 2.45) is 11.3 Å². The molecule has 0 spiro atoms. The lowest BCUT2D eigenvalue weighted by Gasteiger charge is -2.41. The summed E-state index contributed by atoms with van der Waals surface area (Å²) in [5.74, 6) is -0.324. The topological polar surface area (TPSA) is 53.3 Å². The van der Waals surface area contributed by atoms with E-state index in [1.165, 1.54) is 13.2 Å². The number of piperidine rings is 1. The number of carbonyl (C=O) groups is 1. The highest BCUT2D eigenvalue weighted by molar-refractivity contribution is 5.76. The van der Waals surface area contributed by atoms with Crippen molar-refractivity contribution in [3.63, 3.8) is 0 Å². The molecule has 1 saturated heterocycles. The summed E-state index contributed by atoms with van der Waals surface area (Å²) >= 11 is 0. The first-order chi connectivity index (χ1) is 11.6. The van der Waals surface area contributed by atoms with Crippen LogP contribution in [0.3, 0.4) is 0 Å². The highest BCUT2D eigenvalue weighted by Crippen LogP contribution is 2.38. The van der Waals surface area contributed by atoms with Gasteiger partial charge in [-0.15, -0.1) is 0 Å². The molecule has 25 heavy (non-hydrogen) atoms. The molecule has 1 unspecified atom stereocenters. The van der Waals surface area contributed by atoms with Crippen molar-refractivity contribution >= 4 is 11.7 Å². The largest absolute Gasteiger partial charge is 0.469 e. The van der Waals surface area contributed by atoms with E-state index >= 15 is 0 Å². The van der Waals surface area contributed by atoms with Crippen molar-refractivity contribution in [3.8, 4) is 6.07 Å². The number of hydrogen-bond acceptors (Lipinski definition) is 4. The van der Waals surface area contributed by atoms with Gasteiger partial charge in [-0.05, 0) is 50.8 Å². The molecular formula is C18H21F3N2O2. The van der Waals surface area contributed by atoms with E-state index < -0.39 is 17.2 Å². The van der Waals surface area contributed by atoms with Crippen molar-refractivity contribution < 1.29 is 22.7 Å². The van der Waals surface area contributed by atoms with Crippen molar-refractivity contribution in [1.29, 1.82) is 5.26 Å². The number of alkyl halides is 3. The first-order valence-electron chi connectivity index (χ1n) is 8.06. The number of ether oxygens (including phenoxy) is 1. The predicted octanol–water partition coefficient (Wildman–Crippen LogP) is 3.99. The molecule has 136 valence electrons. The summed E-state index contributed by atoms with van der Waals surface area (Å²) in [7, 11) is 1.34. The van der Waals surface area contributed by atoms with Crippen LogP contribution in [-0.4, -0.2) is 26.2 Å². The summed E-state index contributed by atoms with van der Waals surface area (Å²) in [6.07, 6.45) is -2.88. The molecule has 1 aromatic carbocycles. The zero-order chi connectivity index (χ0) is 18.8. The molecule has 0 bridgehead atoms. The van der Waals surface area contributed by atoms with Gasteiger partial charge in [0.15, 0.2) is 0 Å². The fraction of sp³-hybridized carbons (Fsp3) is 0.556. The van der Waals surface area contributed by atoms with E-state index in [9.17, 15) is 23.2 Å². The minimum Gasteiger partial charge on any atom is -0.469 e. The van der Waals surface area contributed by atoms with Crippen molar-refractivity contribution in [2.45, 2.75) is 32.9 Å². The molecule has 0 saturated carbocycles. The van der Waals surface area contributed by atoms with Crippen LogP contribution < -0.4 is 4.90 Å². The van der Waals surface area contributed by atoms with Crippen LogP contribution in [0.15, 0.2) is 18.2 Å². The smallest absolute Gasteiger partial charge is 0.416 e. The normalized spacial score (nSPS) is 18.6. The first kappa shape index (κ1) is 19.1. The molecule has 0 radical (unpaired) electrons. The summed E-state index contributed by atoms with van der Waals surface area (Å²) in [5.41, 5.74) is -1.07. The Morgan fingerprint density at radius 1 is 1.36 bits per heavy atom. The van der Waals surface area contributed by atoms with Crippen LogP contribution in [-0.2, 0) is 15.7 Å². The highest BCUT2D eigenvalue weighted by atomic mass is 19.4. The van der Waals surface area contributed by atoms with Gasteiger partial charge in [-0.25, -0.2) is 0 Å². The first-order valence-corrected chi connectivity index (χ1v) is 8.06. The van der Waals surface area contributed by atoms with Gasteiger partial charge in [0.05, 0.1) is 29.3 Å². The van der Waals surface area contributed by atoms with Crippen LogP contribution in [0.25, 0.3) is 0 Å². The lowest BCUT2D eigenvalue weighted by molar-refractivity contribution is -0.154. The molecule has 0 amide bonds. The fourth-order valence-corrected chi connectivity index (χ4v) is 3.29. The summed E-state index contributed by atoms with van der Waals surface area (Å²) in [6, 6.07) is 5.07. The highest BCUT2D eigenvalue weighted by Gasteiger charge is 2.40. The van der Waals surface area contributed by atoms with Gasteiger partial charge in [-0.2, -0.15) is 18.4 Å². The second-order valence-corrected chi connectivity index (χ2v) is 6.84. The Kier molecular flexibility index (Phi) is 5.31. The zero-order valence-corrected chi connectivity index (χ0v) is 14.5. The third kappa shape index (κ3) is 3.89. The number of benzene rings is 1. The van der Waals surface area contributed by atoms with Crippen LogP contribution in [0.5, 0.6) is 0 Å². The van der Waals surface area contributed by atoms with Crippen molar-refractivity contribution in [2.75, 3.05) is 25.1 Å². The molecule has 4 nitrogen and oxygen atoms in total. The standard InChI is InChI=1S/C18H21F3N2O2/c1-17(2,16(24)25-3)14-5-4-8-23(11-14)15-7-6-13(18(19,20)21)9-12(15)10-22/h6-7,9,14H,4-5,8,11H2,1-3H3. The zero-order valence-electron chi connectivity index (χ0n) is 14.5. The fourth-order valence-electron chi connectivity index (χ4n) is 3.29. The number of carbonyl (C=O) groups excluding carboxylic acids is 1. The number of hydrogen-bond donors (Lipinski definition) is 0. The number of nitrogens with zero attached hydrogens (tertiary/aromatic N) is 2. The molecule has 0 aliphatic carbocycles. The summed E-state index contributed by atoms with van der Waals surface area (Å²) in [6.45, 7) is 4.74. The molecule has 1 heterocycles. The van der Waals surface area contributed by atoms with Gasteiger partial charge < -0.3 is 9.64 Å². The molecular weight excluding hydrogens is 333 g/mol. The molecule has 0 N–H and O–H groups in total. The summed E-state index contributed by atoms with van der Waals surface area (Å²) in [4.78, 5) is 13.9. The van der Waals surface area contributed by atoms with E-state index in [0.717, 1.165) is 25.0 Å². The number of halogens is 3. The number of nitriles is 1. The minimum atomic E-state index is -4.48. The van der Waals surface area contributed by atoms with E-state index in [0.29, 0.717) is 18.8 Å². The number of rotatable bonds is 3. The maximum Gasteiger partial charge on any atom is 0.416 e. The minimum absolute atomic E-state index is 0.00801. The SMILES string of the molecule is COC(=O)C(C)(C)C1CCCN(c2ccc(C(F)(F)F)cc2C#N)C1. The second-order valence-electron chi connectivity index (χ2n) is 6.84. The Bertz CT molecular complexity index is 693. The quantitative estimate of drug-likeness (QED) is 0.770. The Hall–Kier alpha value is -2.23. The summed E-state index contributed by atoms with van der Waals surface area (Å²) < 4.78 is 43.4. The summed E-state index contributed by atoms with van der Waals surface area (Å²) in [5, 5.41) is 9.27. The van der Waals surface area contributed by atoms with Gasteiger partial charge >= 0.3 is 12.1 Å². The molecule has 1 atom stereocenters. The monoisotopic (exact) mass is 354 g/mol. The van der Waals surface area contributed by atoms with Gasteiger partial charge in [0, 0.05) is 13.1 Å². The van der Waals surface area contributed by atoms with E-state index in [1.807, 2.05) is 24.8 Å². The third-order valence-electron chi connectivity index (χ3n) is 4.94. The molecule has 1 aromatic rings. The molecule has 7 heteroatoms. The van der Waals surface area contributed by atoms with Gasteiger partial charge in [-0.3, -0.25) is 4.79 Å². The van der Waals surface area contributed by atoms with E-state index in [4.69, 9.17) is 4.74 Å². The maximum atomic E-state index is 12.8. The Morgan fingerprint density at radius 2 is 2.04 bits per heavy atom. The van der Waals surface area contributed by atoms with Crippen LogP contribution in [0.2, 0.25) is 0 Å². The average molecular weight is 354 g/mol. The maximum absolute atomic E-state index is 12.8. The second kappa shape index (κ2) is 6.95. The lowest BCUT2D eigenvalue weighted by Crippen LogP contribution is -2.45. The van der Waals surface area contributed by atoms with Gasteiger partial charge in [0.2, 0.25) is 0 Å². The van der Waals surface area contributed by atoms with Crippen LogP contribution in [0, 0.1) is 22.7 Å². The number of esters is 1. The van der Waals surface area contributed by atoms with E-state index in [1.54, 1.807) is 0 Å². The number of methoxy groups -OCH3 is 1. The van der Waals surface area contributed by atoms with Crippen LogP contribution in [0.1, 0.15) is 37.8 Å². The molecule has 1 aliphatic heterocycles. The van der Waals surface area contributed by atoms with E-state index in [-0.39, 0.29) is 17.5 Å². The predicted molar refractivity (Wildman–Crippen MR) is 86.9 cm³/mol. The lowest BCUT2D eigenvalue weighted by atomic mass is 9.74. The van der Waals surface area contributed by atoms with Crippen molar-refractivity contribution in [1.82, 2.24) is 0 Å². The molecule has 2 rings (SSSR count). The van der Waals surface area contributed by atoms with E-state index in [2.05, 4.69) is 0 Å². The third-order valence-corrected chi connectivity index (χ3v) is 4.94. The van der Waals surface area contributed by atoms with Gasteiger partial charge in [0.1, 0.15) is 6.07 Å². The van der Waals surface area contributed by atoms with Crippen LogP contribution >= 0.6 is 0 Å². The molecule has 1 aliphatic rings. The molecule has 1 fully saturated rings. The van der Waals surface area contributed by atoms with Crippen LogP contribution in [0.4, 0.5) is 18.9 Å². The Balaban J connectivity index is 2.30. The van der Waals surface area contributed by atoms with Crippen molar-refractivity contribution in [3.05, 3.63) is 29.3 Å². The number of anilines is 1.